The molecule has 0 saturated carbocycles. The molecule has 22 heavy (non-hydrogen) atoms. The summed E-state index contributed by atoms with van der Waals surface area (Å²) in [5, 5.41) is 10.4. The van der Waals surface area contributed by atoms with Gasteiger partial charge >= 0.3 is 0 Å². The van der Waals surface area contributed by atoms with E-state index in [9.17, 15) is 18.3 Å². The highest BCUT2D eigenvalue weighted by Gasteiger charge is 2.21. The minimum atomic E-state index is -3.71. The normalized spacial score (nSPS) is 12.7. The molecule has 0 fully saturated rings. The molecule has 0 bridgehead atoms. The number of benzene rings is 2. The number of aliphatic carboxylic acids is 1. The van der Waals surface area contributed by atoms with E-state index in [1.807, 2.05) is 24.3 Å². The maximum Gasteiger partial charge on any atom is 0.240 e. The first kappa shape index (κ1) is 14.7. The molecular weight excluding hydrogens is 302 g/mol. The van der Waals surface area contributed by atoms with E-state index in [1.54, 1.807) is 18.2 Å². The maximum atomic E-state index is 12.2. The molecule has 0 spiro atoms. The standard InChI is InChI=1S/C16H15NO4S/c18-16(19)7-8-17-22(20,21)13-5-6-15-12(10-13)9-11-3-1-2-4-14(11)15/h1-6,10,17H,7-9H2,(H,18,19)/p-1. The molecule has 0 radical (unpaired) electrons. The van der Waals surface area contributed by atoms with Crippen molar-refractivity contribution >= 4 is 16.0 Å². The van der Waals surface area contributed by atoms with Crippen LogP contribution < -0.4 is 9.83 Å². The molecule has 6 heteroatoms. The van der Waals surface area contributed by atoms with Gasteiger partial charge in [-0.05, 0) is 40.8 Å². The number of carboxylic acid groups (broad SMARTS) is 1. The van der Waals surface area contributed by atoms with Crippen LogP contribution in [0.1, 0.15) is 17.5 Å². The number of sulfonamides is 1. The van der Waals surface area contributed by atoms with Gasteiger partial charge in [0.05, 0.1) is 4.90 Å². The van der Waals surface area contributed by atoms with Gasteiger partial charge in [0.2, 0.25) is 10.0 Å². The van der Waals surface area contributed by atoms with Crippen LogP contribution in [0, 0.1) is 0 Å². The van der Waals surface area contributed by atoms with Gasteiger partial charge < -0.3 is 9.90 Å². The van der Waals surface area contributed by atoms with Gasteiger partial charge in [-0.15, -0.1) is 0 Å². The zero-order valence-electron chi connectivity index (χ0n) is 11.7. The van der Waals surface area contributed by atoms with Crippen LogP contribution in [-0.4, -0.2) is 20.9 Å². The van der Waals surface area contributed by atoms with Crippen molar-refractivity contribution in [2.75, 3.05) is 6.54 Å². The Labute approximate surface area is 128 Å². The topological polar surface area (TPSA) is 86.3 Å². The van der Waals surface area contributed by atoms with Gasteiger partial charge in [-0.3, -0.25) is 0 Å². The second kappa shape index (κ2) is 5.55. The molecule has 0 atom stereocenters. The molecule has 0 amide bonds. The average molecular weight is 316 g/mol. The van der Waals surface area contributed by atoms with E-state index in [0.29, 0.717) is 6.42 Å². The molecule has 0 aliphatic heterocycles. The summed E-state index contributed by atoms with van der Waals surface area (Å²) >= 11 is 0. The summed E-state index contributed by atoms with van der Waals surface area (Å²) in [6.45, 7) is -0.179. The fourth-order valence-corrected chi connectivity index (χ4v) is 3.74. The monoisotopic (exact) mass is 316 g/mol. The molecule has 3 rings (SSSR count). The molecule has 0 unspecified atom stereocenters. The SMILES string of the molecule is O=C([O-])CCNS(=O)(=O)c1ccc2c(c1)Cc1ccccc1-2. The van der Waals surface area contributed by atoms with Gasteiger partial charge in [0.25, 0.3) is 0 Å². The number of carbonyl (C=O) groups is 1. The van der Waals surface area contributed by atoms with Crippen molar-refractivity contribution in [2.45, 2.75) is 17.7 Å². The van der Waals surface area contributed by atoms with Crippen molar-refractivity contribution < 1.29 is 18.3 Å². The van der Waals surface area contributed by atoms with Gasteiger partial charge in [0.1, 0.15) is 0 Å². The zero-order chi connectivity index (χ0) is 15.7. The van der Waals surface area contributed by atoms with Crippen LogP contribution in [0.15, 0.2) is 47.4 Å². The highest BCUT2D eigenvalue weighted by Crippen LogP contribution is 2.37. The molecule has 1 N–H and O–H groups in total. The lowest BCUT2D eigenvalue weighted by molar-refractivity contribution is -0.305. The van der Waals surface area contributed by atoms with Crippen molar-refractivity contribution in [2.24, 2.45) is 0 Å². The summed E-state index contributed by atoms with van der Waals surface area (Å²) in [5.41, 5.74) is 4.32. The van der Waals surface area contributed by atoms with Crippen molar-refractivity contribution in [3.63, 3.8) is 0 Å². The molecule has 0 aromatic heterocycles. The van der Waals surface area contributed by atoms with Crippen molar-refractivity contribution in [1.82, 2.24) is 4.72 Å². The van der Waals surface area contributed by atoms with E-state index < -0.39 is 16.0 Å². The first-order valence-corrected chi connectivity index (χ1v) is 8.36. The lowest BCUT2D eigenvalue weighted by atomic mass is 10.1. The molecule has 5 nitrogen and oxygen atoms in total. The van der Waals surface area contributed by atoms with E-state index in [0.717, 1.165) is 16.7 Å². The maximum absolute atomic E-state index is 12.2. The summed E-state index contributed by atoms with van der Waals surface area (Å²) in [5.74, 6) is -1.29. The summed E-state index contributed by atoms with van der Waals surface area (Å²) < 4.78 is 26.6. The quantitative estimate of drug-likeness (QED) is 0.750. The molecular formula is C16H14NO4S-. The Morgan fingerprint density at radius 2 is 1.82 bits per heavy atom. The molecule has 2 aromatic carbocycles. The van der Waals surface area contributed by atoms with Crippen LogP contribution in [0.4, 0.5) is 0 Å². The first-order chi connectivity index (χ1) is 10.5. The molecule has 114 valence electrons. The fourth-order valence-electron chi connectivity index (χ4n) is 2.66. The van der Waals surface area contributed by atoms with Gasteiger partial charge in [-0.2, -0.15) is 0 Å². The predicted octanol–water partition coefficient (Wildman–Crippen LogP) is 0.676. The largest absolute Gasteiger partial charge is 0.550 e. The summed E-state index contributed by atoms with van der Waals surface area (Å²) in [6.07, 6.45) is 0.351. The van der Waals surface area contributed by atoms with Crippen LogP contribution in [0.5, 0.6) is 0 Å². The predicted molar refractivity (Wildman–Crippen MR) is 79.5 cm³/mol. The van der Waals surface area contributed by atoms with Crippen LogP contribution in [0.25, 0.3) is 11.1 Å². The van der Waals surface area contributed by atoms with Crippen LogP contribution in [0.2, 0.25) is 0 Å². The number of rotatable bonds is 5. The zero-order valence-corrected chi connectivity index (χ0v) is 12.5. The Hall–Kier alpha value is -2.18. The summed E-state index contributed by atoms with van der Waals surface area (Å²) in [4.78, 5) is 10.5. The Kier molecular flexibility index (Phi) is 3.72. The number of hydrogen-bond acceptors (Lipinski definition) is 4. The summed E-state index contributed by atoms with van der Waals surface area (Å²) in [6, 6.07) is 13.0. The average Bonchev–Trinajstić information content (AvgIpc) is 2.84. The molecule has 1 aliphatic rings. The van der Waals surface area contributed by atoms with Crippen molar-refractivity contribution in [3.8, 4) is 11.1 Å². The molecule has 1 aliphatic carbocycles. The van der Waals surface area contributed by atoms with E-state index in [1.165, 1.54) is 5.56 Å². The first-order valence-electron chi connectivity index (χ1n) is 6.88. The third-order valence-corrected chi connectivity index (χ3v) is 5.16. The fraction of sp³-hybridized carbons (Fsp3) is 0.188. The Morgan fingerprint density at radius 1 is 1.09 bits per heavy atom. The molecule has 2 aromatic rings. The number of carboxylic acids is 1. The van der Waals surface area contributed by atoms with Gasteiger partial charge in [0.15, 0.2) is 0 Å². The Morgan fingerprint density at radius 3 is 2.59 bits per heavy atom. The third kappa shape index (κ3) is 2.75. The van der Waals surface area contributed by atoms with E-state index in [4.69, 9.17) is 0 Å². The number of fused-ring (bicyclic) bond motifs is 3. The van der Waals surface area contributed by atoms with Crippen LogP contribution in [-0.2, 0) is 21.2 Å². The van der Waals surface area contributed by atoms with Crippen molar-refractivity contribution in [3.05, 3.63) is 53.6 Å². The van der Waals surface area contributed by atoms with Crippen LogP contribution in [0.3, 0.4) is 0 Å². The second-order valence-electron chi connectivity index (χ2n) is 5.17. The number of nitrogens with one attached hydrogen (secondary N) is 1. The van der Waals surface area contributed by atoms with E-state index in [-0.39, 0.29) is 17.9 Å². The highest BCUT2D eigenvalue weighted by molar-refractivity contribution is 7.89. The van der Waals surface area contributed by atoms with Gasteiger partial charge in [-0.1, -0.05) is 30.3 Å². The number of carbonyl (C=O) groups excluding carboxylic acids is 1. The smallest absolute Gasteiger partial charge is 0.240 e. The van der Waals surface area contributed by atoms with Crippen LogP contribution >= 0.6 is 0 Å². The molecule has 0 heterocycles. The third-order valence-electron chi connectivity index (χ3n) is 3.70. The lowest BCUT2D eigenvalue weighted by Gasteiger charge is -2.09. The lowest BCUT2D eigenvalue weighted by Crippen LogP contribution is -2.31. The van der Waals surface area contributed by atoms with Gasteiger partial charge in [0, 0.05) is 18.9 Å². The minimum absolute atomic E-state index is 0.150. The van der Waals surface area contributed by atoms with Crippen molar-refractivity contribution in [1.29, 1.82) is 0 Å². The summed E-state index contributed by atoms with van der Waals surface area (Å²) in [7, 11) is -3.71. The Balaban J connectivity index is 1.86. The second-order valence-corrected chi connectivity index (χ2v) is 6.94. The number of hydrogen-bond donors (Lipinski definition) is 1. The highest BCUT2D eigenvalue weighted by atomic mass is 32.2. The Bertz CT molecular complexity index is 843. The van der Waals surface area contributed by atoms with E-state index >= 15 is 0 Å². The van der Waals surface area contributed by atoms with Gasteiger partial charge in [-0.25, -0.2) is 13.1 Å². The van der Waals surface area contributed by atoms with E-state index in [2.05, 4.69) is 4.72 Å². The molecule has 0 saturated heterocycles. The minimum Gasteiger partial charge on any atom is -0.550 e.